The molecule has 1 aromatic heterocycles. The molecule has 2 aliphatic heterocycles. The third-order valence-corrected chi connectivity index (χ3v) is 6.51. The van der Waals surface area contributed by atoms with Crippen molar-refractivity contribution in [1.29, 1.82) is 0 Å². The van der Waals surface area contributed by atoms with E-state index in [0.717, 1.165) is 4.57 Å². The third kappa shape index (κ3) is 3.76. The molecule has 5 atom stereocenters. The summed E-state index contributed by atoms with van der Waals surface area (Å²) in [7, 11) is -4.20. The van der Waals surface area contributed by atoms with Gasteiger partial charge >= 0.3 is 13.5 Å². The van der Waals surface area contributed by atoms with Gasteiger partial charge in [0.25, 0.3) is 5.85 Å². The van der Waals surface area contributed by atoms with Crippen LogP contribution in [0.2, 0.25) is 0 Å². The monoisotopic (exact) mass is 460 g/mol. The fraction of sp³-hybridized carbons (Fsp3) is 0.412. The zero-order valence-corrected chi connectivity index (χ0v) is 17.3. The number of aromatic amines is 1. The van der Waals surface area contributed by atoms with Crippen molar-refractivity contribution in [2.24, 2.45) is 0 Å². The molecule has 0 spiro atoms. The van der Waals surface area contributed by atoms with E-state index >= 15 is 4.39 Å². The van der Waals surface area contributed by atoms with E-state index in [4.69, 9.17) is 30.5 Å². The predicted octanol–water partition coefficient (Wildman–Crippen LogP) is 1.86. The van der Waals surface area contributed by atoms with Gasteiger partial charge in [-0.1, -0.05) is 30.4 Å². The Kier molecular flexibility index (Phi) is 5.43. The average molecular weight is 460 g/mol. The molecule has 0 saturated carbocycles. The van der Waals surface area contributed by atoms with Gasteiger partial charge in [-0.25, -0.2) is 13.8 Å². The van der Waals surface area contributed by atoms with Gasteiger partial charge in [0, 0.05) is 17.3 Å². The zero-order chi connectivity index (χ0) is 21.7. The van der Waals surface area contributed by atoms with Gasteiger partial charge in [-0.15, -0.1) is 0 Å². The molecule has 0 aliphatic carbocycles. The van der Waals surface area contributed by atoms with E-state index in [1.807, 2.05) is 0 Å². The minimum Gasteiger partial charge on any atom is -0.404 e. The number of nitrogens with one attached hydrogen (secondary N) is 1. The number of nitrogens with zero attached hydrogens (tertiary/aromatic N) is 1. The van der Waals surface area contributed by atoms with Crippen LogP contribution in [0.1, 0.15) is 17.4 Å². The number of aromatic nitrogens is 2. The van der Waals surface area contributed by atoms with Gasteiger partial charge in [0.15, 0.2) is 6.23 Å². The van der Waals surface area contributed by atoms with Crippen molar-refractivity contribution in [2.75, 3.05) is 6.61 Å². The van der Waals surface area contributed by atoms with Gasteiger partial charge in [-0.2, -0.15) is 0 Å². The molecule has 3 heterocycles. The minimum atomic E-state index is -4.20. The first-order valence-corrected chi connectivity index (χ1v) is 10.7. The van der Waals surface area contributed by atoms with Crippen LogP contribution >= 0.6 is 20.0 Å². The highest BCUT2D eigenvalue weighted by Crippen LogP contribution is 2.55. The summed E-state index contributed by atoms with van der Waals surface area (Å²) in [4.78, 5) is 14.5. The smallest absolute Gasteiger partial charge is 0.404 e. The number of benzene rings is 1. The van der Waals surface area contributed by atoms with Gasteiger partial charge in [-0.05, 0) is 13.0 Å². The van der Waals surface area contributed by atoms with Crippen molar-refractivity contribution < 1.29 is 37.5 Å². The number of phosphoric ester groups is 1. The number of H-pyrrole nitrogens is 1. The van der Waals surface area contributed by atoms with Crippen LogP contribution in [0.4, 0.5) is 4.39 Å². The third-order valence-electron chi connectivity index (χ3n) is 4.77. The highest BCUT2D eigenvalue weighted by atomic mass is 32.1. The van der Waals surface area contributed by atoms with Crippen molar-refractivity contribution in [3.63, 3.8) is 0 Å². The summed E-state index contributed by atoms with van der Waals surface area (Å²) >= 11 is 4.95. The Morgan fingerprint density at radius 1 is 1.43 bits per heavy atom. The fourth-order valence-corrected chi connectivity index (χ4v) is 4.48. The Labute approximate surface area is 174 Å². The number of para-hydroxylation sites is 1. The normalized spacial score (nSPS) is 33.1. The lowest BCUT2D eigenvalue weighted by Crippen LogP contribution is -2.43. The number of hydrogen-bond donors (Lipinski definition) is 3. The second kappa shape index (κ2) is 7.65. The molecular weight excluding hydrogens is 442 g/mol. The second-order valence-corrected chi connectivity index (χ2v) is 8.90. The van der Waals surface area contributed by atoms with Crippen molar-refractivity contribution in [3.8, 4) is 5.75 Å². The first kappa shape index (κ1) is 21.3. The first-order chi connectivity index (χ1) is 14.1. The predicted molar refractivity (Wildman–Crippen MR) is 102 cm³/mol. The number of rotatable bonds is 4. The number of halogens is 1. The van der Waals surface area contributed by atoms with E-state index < -0.39 is 44.4 Å². The summed E-state index contributed by atoms with van der Waals surface area (Å²) in [5.74, 6) is -2.74. The van der Waals surface area contributed by atoms with Crippen molar-refractivity contribution in [2.45, 2.75) is 37.8 Å². The Balaban J connectivity index is 1.52. The molecule has 1 aromatic carbocycles. The van der Waals surface area contributed by atoms with E-state index in [0.29, 0.717) is 11.1 Å². The summed E-state index contributed by atoms with van der Waals surface area (Å²) in [5.41, 5.74) is 0.330. The summed E-state index contributed by atoms with van der Waals surface area (Å²) in [5, 5.41) is 20.4. The number of hydrogen-bond acceptors (Lipinski definition) is 9. The maximum absolute atomic E-state index is 15.3. The van der Waals surface area contributed by atoms with Crippen LogP contribution in [0.5, 0.6) is 5.75 Å². The highest BCUT2D eigenvalue weighted by Gasteiger charge is 2.57. The number of alkyl halides is 1. The lowest BCUT2D eigenvalue weighted by Gasteiger charge is -2.28. The standard InChI is InChI=1S/C17H18FN2O8PS/c1-9-6-20(16(23)19-14(9)30)15-12(21)13(22)17(18,27-15)8-26-29(24)25-7-10-4-2-3-5-11(10)28-29/h2-6,12-13,15,21-22H,7-8H2,1H3,(H,19,23,30)/t12-,13+,15-,17-,29?/m1/s1. The summed E-state index contributed by atoms with van der Waals surface area (Å²) < 4.78 is 49.4. The van der Waals surface area contributed by atoms with Crippen LogP contribution < -0.4 is 10.2 Å². The summed E-state index contributed by atoms with van der Waals surface area (Å²) in [6, 6.07) is 6.64. The average Bonchev–Trinajstić information content (AvgIpc) is 2.94. The number of fused-ring (bicyclic) bond motifs is 1. The topological polar surface area (TPSA) is 132 Å². The van der Waals surface area contributed by atoms with E-state index in [-0.39, 0.29) is 17.0 Å². The lowest BCUT2D eigenvalue weighted by atomic mass is 10.1. The fourth-order valence-electron chi connectivity index (χ4n) is 3.11. The SMILES string of the molecule is Cc1cn([C@@H]2O[C@](F)(COP3(=O)OCc4ccccc4O3)[C@@H](O)[C@H]2O)c(=O)[nH]c1=S. The summed E-state index contributed by atoms with van der Waals surface area (Å²) in [6.07, 6.45) is -4.25. The molecule has 162 valence electrons. The molecule has 0 radical (unpaired) electrons. The Morgan fingerprint density at radius 2 is 2.17 bits per heavy atom. The Morgan fingerprint density at radius 3 is 2.93 bits per heavy atom. The van der Waals surface area contributed by atoms with Crippen LogP contribution in [-0.2, 0) is 25.0 Å². The van der Waals surface area contributed by atoms with Gasteiger partial charge in [0.05, 0.1) is 6.61 Å². The van der Waals surface area contributed by atoms with E-state index in [1.165, 1.54) is 6.20 Å². The van der Waals surface area contributed by atoms with Crippen molar-refractivity contribution in [1.82, 2.24) is 9.55 Å². The molecule has 3 N–H and O–H groups in total. The molecule has 1 saturated heterocycles. The molecule has 4 rings (SSSR count). The van der Waals surface area contributed by atoms with Crippen LogP contribution in [-0.4, -0.2) is 44.4 Å². The summed E-state index contributed by atoms with van der Waals surface area (Å²) in [6.45, 7) is 0.427. The largest absolute Gasteiger partial charge is 0.530 e. The molecule has 13 heteroatoms. The van der Waals surface area contributed by atoms with Crippen molar-refractivity contribution >= 4 is 20.0 Å². The van der Waals surface area contributed by atoms with Crippen LogP contribution in [0.3, 0.4) is 0 Å². The number of phosphoric acid groups is 1. The van der Waals surface area contributed by atoms with Gasteiger partial charge in [0.1, 0.15) is 29.2 Å². The molecule has 2 aliphatic rings. The quantitative estimate of drug-likeness (QED) is 0.462. The van der Waals surface area contributed by atoms with E-state index in [9.17, 15) is 19.6 Å². The Hall–Kier alpha value is -1.92. The number of aryl methyl sites for hydroxylation is 1. The van der Waals surface area contributed by atoms with Crippen LogP contribution in [0.15, 0.2) is 35.3 Å². The Bertz CT molecular complexity index is 1140. The first-order valence-electron chi connectivity index (χ1n) is 8.83. The van der Waals surface area contributed by atoms with E-state index in [1.54, 1.807) is 31.2 Å². The maximum Gasteiger partial charge on any atom is 0.530 e. The molecule has 2 aromatic rings. The van der Waals surface area contributed by atoms with Crippen LogP contribution in [0, 0.1) is 11.6 Å². The molecule has 10 nitrogen and oxygen atoms in total. The van der Waals surface area contributed by atoms with Gasteiger partial charge in [0.2, 0.25) is 0 Å². The molecular formula is C17H18FN2O8PS. The number of aliphatic hydroxyl groups excluding tert-OH is 2. The van der Waals surface area contributed by atoms with Crippen LogP contribution in [0.25, 0.3) is 0 Å². The second-order valence-electron chi connectivity index (χ2n) is 6.90. The van der Waals surface area contributed by atoms with Gasteiger partial charge in [-0.3, -0.25) is 18.6 Å². The zero-order valence-electron chi connectivity index (χ0n) is 15.6. The number of aliphatic hydroxyl groups is 2. The maximum atomic E-state index is 15.3. The molecule has 0 amide bonds. The van der Waals surface area contributed by atoms with E-state index in [2.05, 4.69) is 4.98 Å². The molecule has 0 bridgehead atoms. The highest BCUT2D eigenvalue weighted by molar-refractivity contribution is 7.71. The molecule has 1 unspecified atom stereocenters. The molecule has 1 fully saturated rings. The minimum absolute atomic E-state index is 0.0840. The van der Waals surface area contributed by atoms with Crippen molar-refractivity contribution in [3.05, 3.63) is 56.7 Å². The lowest BCUT2D eigenvalue weighted by molar-refractivity contribution is -0.205. The molecule has 30 heavy (non-hydrogen) atoms. The number of ether oxygens (including phenoxy) is 1. The van der Waals surface area contributed by atoms with Gasteiger partial charge < -0.3 is 19.5 Å².